The molecule has 0 aliphatic heterocycles. The van der Waals surface area contributed by atoms with Crippen LogP contribution in [-0.2, 0) is 4.79 Å². The van der Waals surface area contributed by atoms with Gasteiger partial charge in [-0.3, -0.25) is 0 Å². The molecule has 0 amide bonds. The van der Waals surface area contributed by atoms with Crippen LogP contribution >= 0.6 is 0 Å². The highest BCUT2D eigenvalue weighted by Gasteiger charge is 1.97. The SMILES string of the molecule is CCN(CC)CCCC(=O)[O-]. The van der Waals surface area contributed by atoms with E-state index in [1.807, 2.05) is 0 Å². The molecule has 0 radical (unpaired) electrons. The van der Waals surface area contributed by atoms with Crippen LogP contribution in [0.5, 0.6) is 0 Å². The van der Waals surface area contributed by atoms with E-state index in [1.165, 1.54) is 0 Å². The van der Waals surface area contributed by atoms with Crippen LogP contribution in [-0.4, -0.2) is 30.5 Å². The predicted octanol–water partition coefficient (Wildman–Crippen LogP) is -0.142. The maximum atomic E-state index is 10.0. The highest BCUT2D eigenvalue weighted by Crippen LogP contribution is 1.93. The Bertz CT molecular complexity index is 111. The number of hydrogen-bond acceptors (Lipinski definition) is 3. The van der Waals surface area contributed by atoms with E-state index in [0.717, 1.165) is 19.6 Å². The molecule has 0 heterocycles. The van der Waals surface area contributed by atoms with Crippen LogP contribution in [0.3, 0.4) is 0 Å². The first-order valence-corrected chi connectivity index (χ1v) is 4.12. The number of carboxylic acid groups (broad SMARTS) is 1. The summed E-state index contributed by atoms with van der Waals surface area (Å²) in [5.41, 5.74) is 0. The summed E-state index contributed by atoms with van der Waals surface area (Å²) in [6.07, 6.45) is 0.876. The van der Waals surface area contributed by atoms with Gasteiger partial charge < -0.3 is 14.8 Å². The molecule has 66 valence electrons. The maximum Gasteiger partial charge on any atom is 0.0414 e. The molecule has 3 heteroatoms. The zero-order chi connectivity index (χ0) is 8.69. The predicted molar refractivity (Wildman–Crippen MR) is 42.0 cm³/mol. The van der Waals surface area contributed by atoms with Gasteiger partial charge in [-0.1, -0.05) is 13.8 Å². The first kappa shape index (κ1) is 10.4. The Kier molecular flexibility index (Phi) is 5.84. The summed E-state index contributed by atoms with van der Waals surface area (Å²) in [5, 5.41) is 10.0. The molecular weight excluding hydrogens is 142 g/mol. The molecule has 0 fully saturated rings. The Morgan fingerprint density at radius 2 is 1.91 bits per heavy atom. The van der Waals surface area contributed by atoms with Crippen LogP contribution < -0.4 is 5.11 Å². The van der Waals surface area contributed by atoms with Gasteiger partial charge in [0.05, 0.1) is 0 Å². The average molecular weight is 158 g/mol. The van der Waals surface area contributed by atoms with E-state index in [2.05, 4.69) is 18.7 Å². The molecule has 0 aliphatic rings. The Morgan fingerprint density at radius 3 is 2.27 bits per heavy atom. The lowest BCUT2D eigenvalue weighted by molar-refractivity contribution is -0.305. The number of carbonyl (C=O) groups is 1. The van der Waals surface area contributed by atoms with Gasteiger partial charge in [-0.05, 0) is 32.5 Å². The molecule has 0 spiro atoms. The third-order valence-electron chi connectivity index (χ3n) is 1.75. The lowest BCUT2D eigenvalue weighted by atomic mass is 10.3. The van der Waals surface area contributed by atoms with Crippen molar-refractivity contribution in [2.75, 3.05) is 19.6 Å². The van der Waals surface area contributed by atoms with Crippen LogP contribution in [0.25, 0.3) is 0 Å². The van der Waals surface area contributed by atoms with Crippen molar-refractivity contribution in [1.82, 2.24) is 4.90 Å². The van der Waals surface area contributed by atoms with E-state index in [-0.39, 0.29) is 6.42 Å². The molecule has 0 aliphatic carbocycles. The summed E-state index contributed by atoms with van der Waals surface area (Å²) in [5.74, 6) is -0.947. The normalized spacial score (nSPS) is 10.5. The first-order chi connectivity index (χ1) is 5.20. The molecule has 0 aromatic heterocycles. The van der Waals surface area contributed by atoms with Crippen LogP contribution in [0, 0.1) is 0 Å². The second-order valence-corrected chi connectivity index (χ2v) is 2.50. The summed E-state index contributed by atoms with van der Waals surface area (Å²) in [4.78, 5) is 12.2. The molecule has 0 saturated carbocycles. The van der Waals surface area contributed by atoms with Gasteiger partial charge in [0, 0.05) is 5.97 Å². The van der Waals surface area contributed by atoms with Crippen LogP contribution in [0.1, 0.15) is 26.7 Å². The van der Waals surface area contributed by atoms with Gasteiger partial charge in [0.15, 0.2) is 0 Å². The van der Waals surface area contributed by atoms with Crippen molar-refractivity contribution in [2.24, 2.45) is 0 Å². The van der Waals surface area contributed by atoms with Crippen molar-refractivity contribution in [3.8, 4) is 0 Å². The Hall–Kier alpha value is -0.570. The minimum atomic E-state index is -0.947. The highest BCUT2D eigenvalue weighted by molar-refractivity contribution is 5.64. The third kappa shape index (κ3) is 5.85. The van der Waals surface area contributed by atoms with Crippen molar-refractivity contribution in [1.29, 1.82) is 0 Å². The number of carboxylic acids is 1. The zero-order valence-electron chi connectivity index (χ0n) is 7.30. The molecule has 0 aromatic carbocycles. The second-order valence-electron chi connectivity index (χ2n) is 2.50. The van der Waals surface area contributed by atoms with Crippen molar-refractivity contribution in [3.63, 3.8) is 0 Å². The van der Waals surface area contributed by atoms with E-state index in [9.17, 15) is 9.90 Å². The van der Waals surface area contributed by atoms with Gasteiger partial charge in [0.1, 0.15) is 0 Å². The van der Waals surface area contributed by atoms with Crippen LogP contribution in [0.15, 0.2) is 0 Å². The number of nitrogens with zero attached hydrogens (tertiary/aromatic N) is 1. The minimum Gasteiger partial charge on any atom is -0.550 e. The van der Waals surface area contributed by atoms with E-state index in [0.29, 0.717) is 6.42 Å². The Balaban J connectivity index is 3.28. The van der Waals surface area contributed by atoms with Crippen LogP contribution in [0.2, 0.25) is 0 Å². The largest absolute Gasteiger partial charge is 0.550 e. The molecule has 0 atom stereocenters. The molecule has 0 unspecified atom stereocenters. The molecule has 0 rings (SSSR count). The smallest absolute Gasteiger partial charge is 0.0414 e. The third-order valence-corrected chi connectivity index (χ3v) is 1.75. The summed E-state index contributed by atoms with van der Waals surface area (Å²) < 4.78 is 0. The fraction of sp³-hybridized carbons (Fsp3) is 0.875. The number of aliphatic carboxylic acids is 1. The van der Waals surface area contributed by atoms with Gasteiger partial charge in [-0.15, -0.1) is 0 Å². The minimum absolute atomic E-state index is 0.177. The number of hydrogen-bond donors (Lipinski definition) is 0. The van der Waals surface area contributed by atoms with Gasteiger partial charge in [-0.25, -0.2) is 0 Å². The number of rotatable bonds is 6. The van der Waals surface area contributed by atoms with E-state index in [4.69, 9.17) is 0 Å². The lowest BCUT2D eigenvalue weighted by Gasteiger charge is -2.17. The van der Waals surface area contributed by atoms with Gasteiger partial charge in [-0.2, -0.15) is 0 Å². The molecule has 0 saturated heterocycles. The Labute approximate surface area is 68.0 Å². The van der Waals surface area contributed by atoms with Crippen LogP contribution in [0.4, 0.5) is 0 Å². The van der Waals surface area contributed by atoms with E-state index >= 15 is 0 Å². The summed E-state index contributed by atoms with van der Waals surface area (Å²) >= 11 is 0. The molecule has 3 nitrogen and oxygen atoms in total. The van der Waals surface area contributed by atoms with Gasteiger partial charge in [0.25, 0.3) is 0 Å². The zero-order valence-corrected chi connectivity index (χ0v) is 7.30. The summed E-state index contributed by atoms with van der Waals surface area (Å²) in [7, 11) is 0. The highest BCUT2D eigenvalue weighted by atomic mass is 16.4. The molecule has 0 aromatic rings. The number of carbonyl (C=O) groups excluding carboxylic acids is 1. The summed E-state index contributed by atoms with van der Waals surface area (Å²) in [6, 6.07) is 0. The average Bonchev–Trinajstić information content (AvgIpc) is 1.98. The molecule has 0 N–H and O–H groups in total. The second kappa shape index (κ2) is 6.16. The summed E-state index contributed by atoms with van der Waals surface area (Å²) in [6.45, 7) is 6.99. The van der Waals surface area contributed by atoms with E-state index < -0.39 is 5.97 Å². The van der Waals surface area contributed by atoms with Crippen molar-refractivity contribution in [2.45, 2.75) is 26.7 Å². The molecular formula is C8H16NO2-. The first-order valence-electron chi connectivity index (χ1n) is 4.12. The van der Waals surface area contributed by atoms with Gasteiger partial charge in [0.2, 0.25) is 0 Å². The van der Waals surface area contributed by atoms with Gasteiger partial charge >= 0.3 is 0 Å². The fourth-order valence-electron chi connectivity index (χ4n) is 0.987. The Morgan fingerprint density at radius 1 is 1.36 bits per heavy atom. The maximum absolute atomic E-state index is 10.0. The van der Waals surface area contributed by atoms with Crippen molar-refractivity contribution >= 4 is 5.97 Å². The topological polar surface area (TPSA) is 43.4 Å². The quantitative estimate of drug-likeness (QED) is 0.540. The standard InChI is InChI=1S/C8H17NO2/c1-3-9(4-2)7-5-6-8(10)11/h3-7H2,1-2H3,(H,10,11)/p-1. The molecule has 0 bridgehead atoms. The molecule has 11 heavy (non-hydrogen) atoms. The lowest BCUT2D eigenvalue weighted by Crippen LogP contribution is -2.27. The fourth-order valence-corrected chi connectivity index (χ4v) is 0.987. The monoisotopic (exact) mass is 158 g/mol. The van der Waals surface area contributed by atoms with E-state index in [1.54, 1.807) is 0 Å². The van der Waals surface area contributed by atoms with Crippen molar-refractivity contribution < 1.29 is 9.90 Å². The van der Waals surface area contributed by atoms with Crippen molar-refractivity contribution in [3.05, 3.63) is 0 Å².